The summed E-state index contributed by atoms with van der Waals surface area (Å²) in [6.07, 6.45) is 15.9. The second kappa shape index (κ2) is 13.0. The quantitative estimate of drug-likeness (QED) is 0.529. The second-order valence-corrected chi connectivity index (χ2v) is 5.41. The van der Waals surface area contributed by atoms with Crippen molar-refractivity contribution < 1.29 is 59.8 Å². The third kappa shape index (κ3) is 7.70. The molecule has 0 radical (unpaired) electrons. The molecule has 0 atom stereocenters. The fraction of sp³-hybridized carbons (Fsp3) is 0.0909. The summed E-state index contributed by atoms with van der Waals surface area (Å²) >= 11 is 0. The van der Waals surface area contributed by atoms with Crippen molar-refractivity contribution in [1.82, 2.24) is 0 Å². The van der Waals surface area contributed by atoms with Crippen LogP contribution in [0.15, 0.2) is 72.8 Å². The van der Waals surface area contributed by atoms with Gasteiger partial charge in [-0.25, -0.2) is 8.78 Å². The molecule has 0 saturated heterocycles. The van der Waals surface area contributed by atoms with Crippen molar-refractivity contribution in [2.24, 2.45) is 0 Å². The topological polar surface area (TPSA) is 0 Å². The van der Waals surface area contributed by atoms with Gasteiger partial charge in [0.05, 0.1) is 0 Å². The average Bonchev–Trinajstić information content (AvgIpc) is 3.29. The molecule has 0 fully saturated rings. The van der Waals surface area contributed by atoms with Crippen LogP contribution < -0.4 is 24.8 Å². The minimum Gasteiger partial charge on any atom is -1.00 e. The maximum absolute atomic E-state index is 12.8. The van der Waals surface area contributed by atoms with E-state index in [2.05, 4.69) is 12.2 Å². The summed E-state index contributed by atoms with van der Waals surface area (Å²) in [4.78, 5) is 0. The minimum absolute atomic E-state index is 0. The smallest absolute Gasteiger partial charge is 1.00 e. The van der Waals surface area contributed by atoms with Gasteiger partial charge < -0.3 is 24.8 Å². The van der Waals surface area contributed by atoms with Crippen LogP contribution in [0.2, 0.25) is 0 Å². The van der Waals surface area contributed by atoms with Crippen LogP contribution in [0, 0.1) is 23.8 Å². The molecule has 27 heavy (non-hydrogen) atoms. The molecule has 2 aliphatic rings. The second-order valence-electron chi connectivity index (χ2n) is 5.41. The summed E-state index contributed by atoms with van der Waals surface area (Å²) in [5.74, 6) is -0.385. The Hall–Kier alpha value is -1.28. The van der Waals surface area contributed by atoms with Gasteiger partial charge in [-0.1, -0.05) is 37.1 Å². The Balaban J connectivity index is 0.000000451. The van der Waals surface area contributed by atoms with Gasteiger partial charge in [0, 0.05) is 0 Å². The number of benzene rings is 2. The van der Waals surface area contributed by atoms with Crippen LogP contribution in [0.5, 0.6) is 0 Å². The van der Waals surface area contributed by atoms with E-state index in [4.69, 9.17) is 0 Å². The Morgan fingerprint density at radius 1 is 0.667 bits per heavy atom. The van der Waals surface area contributed by atoms with Crippen molar-refractivity contribution >= 4 is 11.1 Å². The Morgan fingerprint density at radius 3 is 1.37 bits per heavy atom. The van der Waals surface area contributed by atoms with Gasteiger partial charge in [-0.2, -0.15) is 35.5 Å². The molecule has 0 nitrogen and oxygen atoms in total. The van der Waals surface area contributed by atoms with E-state index in [1.807, 2.05) is 36.4 Å². The maximum atomic E-state index is 12.8. The van der Waals surface area contributed by atoms with E-state index in [0.717, 1.165) is 35.1 Å². The largest absolute Gasteiger partial charge is 4.00 e. The molecule has 0 aliphatic heterocycles. The van der Waals surface area contributed by atoms with Crippen LogP contribution in [0.4, 0.5) is 8.78 Å². The molecule has 0 N–H and O–H groups in total. The van der Waals surface area contributed by atoms with E-state index >= 15 is 0 Å². The predicted molar refractivity (Wildman–Crippen MR) is 93.6 cm³/mol. The molecule has 5 heteroatoms. The molecule has 0 heterocycles. The predicted octanol–water partition coefficient (Wildman–Crippen LogP) is -0.0501. The van der Waals surface area contributed by atoms with E-state index < -0.39 is 0 Å². The molecule has 2 aromatic carbocycles. The van der Waals surface area contributed by atoms with Crippen molar-refractivity contribution in [2.45, 2.75) is 12.8 Å². The van der Waals surface area contributed by atoms with Gasteiger partial charge in [-0.15, -0.1) is 35.4 Å². The standard InChI is InChI=1S/2C11H8F.2ClH.Zr/c2*12-11-7-3-6-10(8-11)9-4-1-2-5-9;;;/h2*1,3-4,6-8H,2H2;2*1H;/q2*-1;;;+4/p-2. The zero-order chi connectivity index (χ0) is 16.8. The van der Waals surface area contributed by atoms with Gasteiger partial charge >= 0.3 is 26.2 Å². The molecule has 0 bridgehead atoms. The Bertz CT molecular complexity index is 783. The van der Waals surface area contributed by atoms with Gasteiger partial charge in [0.15, 0.2) is 0 Å². The molecule has 0 saturated carbocycles. The van der Waals surface area contributed by atoms with Gasteiger partial charge in [0.2, 0.25) is 0 Å². The van der Waals surface area contributed by atoms with E-state index in [1.54, 1.807) is 12.1 Å². The first-order chi connectivity index (χ1) is 11.7. The van der Waals surface area contributed by atoms with Crippen LogP contribution in [-0.2, 0) is 26.2 Å². The summed E-state index contributed by atoms with van der Waals surface area (Å²) in [5, 5.41) is 0. The Morgan fingerprint density at radius 2 is 1.07 bits per heavy atom. The van der Waals surface area contributed by atoms with Crippen LogP contribution in [0.1, 0.15) is 24.0 Å². The van der Waals surface area contributed by atoms with Crippen LogP contribution >= 0.6 is 0 Å². The normalized spacial score (nSPS) is 13.3. The third-order valence-electron chi connectivity index (χ3n) is 3.66. The first kappa shape index (κ1) is 25.7. The van der Waals surface area contributed by atoms with Gasteiger partial charge in [0.25, 0.3) is 0 Å². The van der Waals surface area contributed by atoms with Crippen molar-refractivity contribution in [3.8, 4) is 0 Å². The summed E-state index contributed by atoms with van der Waals surface area (Å²) in [5.41, 5.74) is 3.80. The fourth-order valence-corrected chi connectivity index (χ4v) is 2.52. The number of halogens is 4. The number of hydrogen-bond acceptors (Lipinski definition) is 0. The molecule has 4 rings (SSSR count). The SMILES string of the molecule is Fc1cccc(C2=[C-]CC=C2)c1.Fc1cccc(C2=[C-]CC=C2)c1.[Cl-].[Cl-].[Zr+4]. The van der Waals surface area contributed by atoms with E-state index in [1.165, 1.54) is 24.3 Å². The van der Waals surface area contributed by atoms with Gasteiger partial charge in [-0.3, -0.25) is 0 Å². The minimum atomic E-state index is -0.192. The van der Waals surface area contributed by atoms with Gasteiger partial charge in [0.1, 0.15) is 11.6 Å². The molecule has 2 aliphatic carbocycles. The first-order valence-corrected chi connectivity index (χ1v) is 7.79. The number of rotatable bonds is 2. The van der Waals surface area contributed by atoms with E-state index in [0.29, 0.717) is 0 Å². The number of allylic oxidation sites excluding steroid dienone is 8. The molecule has 0 unspecified atom stereocenters. The Kier molecular flexibility index (Phi) is 12.4. The van der Waals surface area contributed by atoms with Crippen LogP contribution in [0.3, 0.4) is 0 Å². The molecule has 2 aromatic rings. The fourth-order valence-electron chi connectivity index (χ4n) is 2.52. The molecule has 136 valence electrons. The van der Waals surface area contributed by atoms with Crippen LogP contribution in [-0.4, -0.2) is 0 Å². The third-order valence-corrected chi connectivity index (χ3v) is 3.66. The molecular weight excluding hydrogens is 464 g/mol. The van der Waals surface area contributed by atoms with E-state index in [-0.39, 0.29) is 62.7 Å². The van der Waals surface area contributed by atoms with Crippen molar-refractivity contribution in [2.75, 3.05) is 0 Å². The molecule has 0 aromatic heterocycles. The van der Waals surface area contributed by atoms with E-state index in [9.17, 15) is 8.78 Å². The molecule has 0 spiro atoms. The molecular formula is C22H16Cl2F2Zr. The Labute approximate surface area is 190 Å². The van der Waals surface area contributed by atoms with Crippen molar-refractivity contribution in [3.63, 3.8) is 0 Å². The van der Waals surface area contributed by atoms with Gasteiger partial charge in [-0.05, 0) is 12.1 Å². The zero-order valence-electron chi connectivity index (χ0n) is 14.4. The van der Waals surface area contributed by atoms with Crippen molar-refractivity contribution in [1.29, 1.82) is 0 Å². The molecule has 0 amide bonds. The summed E-state index contributed by atoms with van der Waals surface area (Å²) in [7, 11) is 0. The summed E-state index contributed by atoms with van der Waals surface area (Å²) in [6, 6.07) is 13.2. The summed E-state index contributed by atoms with van der Waals surface area (Å²) < 4.78 is 25.5. The van der Waals surface area contributed by atoms with Crippen molar-refractivity contribution in [3.05, 3.63) is 108 Å². The van der Waals surface area contributed by atoms with Crippen LogP contribution in [0.25, 0.3) is 11.1 Å². The monoisotopic (exact) mass is 478 g/mol. The summed E-state index contributed by atoms with van der Waals surface area (Å²) in [6.45, 7) is 0. The number of hydrogen-bond donors (Lipinski definition) is 0. The average molecular weight is 480 g/mol. The zero-order valence-corrected chi connectivity index (χ0v) is 18.3. The first-order valence-electron chi connectivity index (χ1n) is 7.79. The maximum Gasteiger partial charge on any atom is 4.00 e.